The molecule has 0 unspecified atom stereocenters. The maximum atomic E-state index is 12.5. The molecular weight excluding hydrogens is 352 g/mol. The number of fused-ring (bicyclic) bond motifs is 1. The number of hydrogen-bond donors (Lipinski definition) is 0. The van der Waals surface area contributed by atoms with E-state index in [1.165, 1.54) is 0 Å². The van der Waals surface area contributed by atoms with Crippen LogP contribution in [0.4, 0.5) is 4.79 Å². The molecule has 1 aliphatic rings. The third kappa shape index (κ3) is 3.37. The molecule has 0 atom stereocenters. The van der Waals surface area contributed by atoms with Crippen molar-refractivity contribution in [3.63, 3.8) is 0 Å². The fourth-order valence-corrected chi connectivity index (χ4v) is 3.56. The van der Waals surface area contributed by atoms with Crippen LogP contribution in [0.3, 0.4) is 0 Å². The summed E-state index contributed by atoms with van der Waals surface area (Å²) in [6.45, 7) is 1.88. The summed E-state index contributed by atoms with van der Waals surface area (Å²) >= 11 is 0.809. The Balaban J connectivity index is 1.93. The van der Waals surface area contributed by atoms with Gasteiger partial charge in [-0.25, -0.2) is 0 Å². The zero-order chi connectivity index (χ0) is 18.7. The molecule has 26 heavy (non-hydrogen) atoms. The van der Waals surface area contributed by atoms with Crippen LogP contribution in [0.1, 0.15) is 12.5 Å². The van der Waals surface area contributed by atoms with Crippen LogP contribution in [-0.2, 0) is 20.9 Å². The zero-order valence-corrected chi connectivity index (χ0v) is 14.9. The highest BCUT2D eigenvalue weighted by Gasteiger charge is 2.36. The number of imide groups is 1. The first-order valence-electron chi connectivity index (χ1n) is 7.97. The van der Waals surface area contributed by atoms with Gasteiger partial charge < -0.3 is 9.30 Å². The van der Waals surface area contributed by atoms with Crippen LogP contribution in [-0.4, -0.2) is 39.7 Å². The van der Waals surface area contributed by atoms with Crippen molar-refractivity contribution < 1.29 is 19.1 Å². The monoisotopic (exact) mass is 368 g/mol. The van der Waals surface area contributed by atoms with Gasteiger partial charge in [0.15, 0.2) is 0 Å². The summed E-state index contributed by atoms with van der Waals surface area (Å²) in [4.78, 5) is 37.3. The topological polar surface area (TPSA) is 68.6 Å². The van der Waals surface area contributed by atoms with Gasteiger partial charge in [-0.05, 0) is 30.8 Å². The third-order valence-corrected chi connectivity index (χ3v) is 4.74. The molecule has 6 nitrogen and oxygen atoms in total. The Morgan fingerprint density at radius 3 is 2.85 bits per heavy atom. The van der Waals surface area contributed by atoms with Crippen molar-refractivity contribution in [1.82, 2.24) is 9.47 Å². The van der Waals surface area contributed by atoms with Gasteiger partial charge in [0.1, 0.15) is 6.54 Å². The first kappa shape index (κ1) is 17.8. The summed E-state index contributed by atoms with van der Waals surface area (Å²) in [5, 5.41) is 0.446. The van der Waals surface area contributed by atoms with E-state index in [0.29, 0.717) is 6.54 Å². The molecule has 2 aromatic rings. The van der Waals surface area contributed by atoms with Crippen LogP contribution < -0.4 is 0 Å². The Morgan fingerprint density at radius 1 is 1.35 bits per heavy atom. The number of terminal acetylenes is 1. The highest BCUT2D eigenvalue weighted by molar-refractivity contribution is 8.18. The number of thioether (sulfide) groups is 1. The van der Waals surface area contributed by atoms with Gasteiger partial charge in [0.2, 0.25) is 0 Å². The lowest BCUT2D eigenvalue weighted by Crippen LogP contribution is -2.34. The molecule has 0 aliphatic carbocycles. The molecule has 0 radical (unpaired) electrons. The van der Waals surface area contributed by atoms with Crippen LogP contribution in [0.2, 0.25) is 0 Å². The molecule has 132 valence electrons. The second-order valence-electron chi connectivity index (χ2n) is 5.51. The lowest BCUT2D eigenvalue weighted by atomic mass is 10.1. The van der Waals surface area contributed by atoms with Crippen molar-refractivity contribution in [1.29, 1.82) is 0 Å². The normalized spacial score (nSPS) is 15.7. The average Bonchev–Trinajstić information content (AvgIpc) is 3.09. The number of esters is 1. The van der Waals surface area contributed by atoms with Crippen molar-refractivity contribution in [2.45, 2.75) is 13.5 Å². The van der Waals surface area contributed by atoms with Gasteiger partial charge in [0.25, 0.3) is 11.1 Å². The number of carbonyl (C=O) groups is 3. The standard InChI is InChI=1S/C19H16N2O4S/c1-3-9-20-11-13(14-7-5-6-8-15(14)20)10-16-18(23)21(19(24)26-16)12-17(22)25-4-2/h1,5-8,10-11H,4,9,12H2,2H3/b16-10+. The van der Waals surface area contributed by atoms with E-state index in [9.17, 15) is 14.4 Å². The zero-order valence-electron chi connectivity index (χ0n) is 14.1. The Kier molecular flexibility index (Phi) is 5.14. The second-order valence-corrected chi connectivity index (χ2v) is 6.50. The molecule has 2 heterocycles. The van der Waals surface area contributed by atoms with Crippen molar-refractivity contribution in [3.8, 4) is 12.3 Å². The first-order chi connectivity index (χ1) is 12.5. The van der Waals surface area contributed by atoms with E-state index in [1.807, 2.05) is 35.0 Å². The number of para-hydroxylation sites is 1. The molecule has 0 spiro atoms. The number of nitrogens with zero attached hydrogens (tertiary/aromatic N) is 2. The van der Waals surface area contributed by atoms with Gasteiger partial charge in [0.05, 0.1) is 18.1 Å². The number of aromatic nitrogens is 1. The van der Waals surface area contributed by atoms with Gasteiger partial charge in [-0.15, -0.1) is 6.42 Å². The van der Waals surface area contributed by atoms with E-state index in [2.05, 4.69) is 5.92 Å². The van der Waals surface area contributed by atoms with E-state index >= 15 is 0 Å². The van der Waals surface area contributed by atoms with Crippen LogP contribution in [0.5, 0.6) is 0 Å². The maximum absolute atomic E-state index is 12.5. The van der Waals surface area contributed by atoms with Crippen LogP contribution in [0, 0.1) is 12.3 Å². The molecule has 0 saturated carbocycles. The highest BCUT2D eigenvalue weighted by atomic mass is 32.2. The van der Waals surface area contributed by atoms with Crippen LogP contribution in [0.25, 0.3) is 17.0 Å². The molecule has 1 aromatic carbocycles. The minimum Gasteiger partial charge on any atom is -0.465 e. The minimum absolute atomic E-state index is 0.194. The van der Waals surface area contributed by atoms with Gasteiger partial charge >= 0.3 is 5.97 Å². The molecule has 1 aliphatic heterocycles. The fourth-order valence-electron chi connectivity index (χ4n) is 2.73. The fraction of sp³-hybridized carbons (Fsp3) is 0.211. The van der Waals surface area contributed by atoms with Crippen molar-refractivity contribution in [2.24, 2.45) is 0 Å². The van der Waals surface area contributed by atoms with Crippen molar-refractivity contribution in [2.75, 3.05) is 13.2 Å². The minimum atomic E-state index is -0.610. The molecule has 0 N–H and O–H groups in total. The molecule has 7 heteroatoms. The third-order valence-electron chi connectivity index (χ3n) is 3.83. The maximum Gasteiger partial charge on any atom is 0.326 e. The van der Waals surface area contributed by atoms with E-state index in [-0.39, 0.29) is 18.1 Å². The summed E-state index contributed by atoms with van der Waals surface area (Å²) in [5.74, 6) is 1.49. The number of amides is 2. The molecule has 0 bridgehead atoms. The second kappa shape index (κ2) is 7.50. The number of ether oxygens (including phenoxy) is 1. The van der Waals surface area contributed by atoms with Gasteiger partial charge in [-0.2, -0.15) is 0 Å². The van der Waals surface area contributed by atoms with Gasteiger partial charge in [0, 0.05) is 22.7 Å². The van der Waals surface area contributed by atoms with Crippen LogP contribution >= 0.6 is 11.8 Å². The average molecular weight is 368 g/mol. The Labute approximate surface area is 154 Å². The molecule has 3 rings (SSSR count). The van der Waals surface area contributed by atoms with E-state index in [4.69, 9.17) is 11.2 Å². The van der Waals surface area contributed by atoms with E-state index in [0.717, 1.165) is 33.1 Å². The van der Waals surface area contributed by atoms with Gasteiger partial charge in [-0.3, -0.25) is 19.3 Å². The number of hydrogen-bond acceptors (Lipinski definition) is 5. The molecule has 1 aromatic heterocycles. The highest BCUT2D eigenvalue weighted by Crippen LogP contribution is 2.34. The predicted octanol–water partition coefficient (Wildman–Crippen LogP) is 2.87. The number of rotatable bonds is 5. The molecule has 1 fully saturated rings. The van der Waals surface area contributed by atoms with Gasteiger partial charge in [-0.1, -0.05) is 24.1 Å². The first-order valence-corrected chi connectivity index (χ1v) is 8.79. The van der Waals surface area contributed by atoms with E-state index in [1.54, 1.807) is 13.0 Å². The summed E-state index contributed by atoms with van der Waals surface area (Å²) in [7, 11) is 0. The van der Waals surface area contributed by atoms with Crippen molar-refractivity contribution in [3.05, 3.63) is 40.9 Å². The Hall–Kier alpha value is -2.98. The summed E-state index contributed by atoms with van der Waals surface area (Å²) < 4.78 is 6.71. The molecule has 1 saturated heterocycles. The van der Waals surface area contributed by atoms with Crippen LogP contribution in [0.15, 0.2) is 35.4 Å². The molecule has 2 amide bonds. The van der Waals surface area contributed by atoms with E-state index < -0.39 is 17.1 Å². The Bertz CT molecular complexity index is 968. The Morgan fingerprint density at radius 2 is 2.12 bits per heavy atom. The summed E-state index contributed by atoms with van der Waals surface area (Å²) in [6, 6.07) is 7.67. The summed E-state index contributed by atoms with van der Waals surface area (Å²) in [6.07, 6.45) is 8.92. The van der Waals surface area contributed by atoms with Crippen molar-refractivity contribution >= 4 is 45.9 Å². The quantitative estimate of drug-likeness (QED) is 0.461. The largest absolute Gasteiger partial charge is 0.465 e. The lowest BCUT2D eigenvalue weighted by molar-refractivity contribution is -0.145. The molecular formula is C19H16N2O4S. The number of carbonyl (C=O) groups excluding carboxylic acids is 3. The smallest absolute Gasteiger partial charge is 0.326 e. The predicted molar refractivity (Wildman–Crippen MR) is 100 cm³/mol. The SMILES string of the molecule is C#CCn1cc(/C=C2/SC(=O)N(CC(=O)OCC)C2=O)c2ccccc21. The summed E-state index contributed by atoms with van der Waals surface area (Å²) in [5.41, 5.74) is 1.74. The number of benzene rings is 1. The lowest BCUT2D eigenvalue weighted by Gasteiger charge is -2.10.